The van der Waals surface area contributed by atoms with Gasteiger partial charge < -0.3 is 15.2 Å². The summed E-state index contributed by atoms with van der Waals surface area (Å²) < 4.78 is 54.6. The van der Waals surface area contributed by atoms with Crippen LogP contribution in [0.3, 0.4) is 0 Å². The number of thioether (sulfide) groups is 1. The number of hydrogen-bond donors (Lipinski definition) is 2. The first-order valence-electron chi connectivity index (χ1n) is 17.5. The average molecular weight is 749 g/mol. The number of aliphatic hydroxyl groups excluding tert-OH is 1. The molecule has 0 fully saturated rings. The van der Waals surface area contributed by atoms with Crippen molar-refractivity contribution in [1.29, 1.82) is 0 Å². The first kappa shape index (κ1) is 46.2. The number of fused-ring (bicyclic) bond motifs is 2. The second kappa shape index (κ2) is 26.1. The zero-order chi connectivity index (χ0) is 39.1. The molecule has 0 saturated heterocycles. The second-order valence-corrected chi connectivity index (χ2v) is 12.0. The van der Waals surface area contributed by atoms with Crippen LogP contribution in [0.5, 0.6) is 0 Å². The van der Waals surface area contributed by atoms with Crippen LogP contribution in [0.4, 0.5) is 17.6 Å². The molecule has 52 heavy (non-hydrogen) atoms. The van der Waals surface area contributed by atoms with E-state index in [1.54, 1.807) is 11.8 Å². The summed E-state index contributed by atoms with van der Waals surface area (Å²) in [4.78, 5) is 12.2. The Kier molecular flexibility index (Phi) is 23.2. The summed E-state index contributed by atoms with van der Waals surface area (Å²) in [5.74, 6) is -0.700. The molecule has 0 radical (unpaired) electrons. The summed E-state index contributed by atoms with van der Waals surface area (Å²) in [5.41, 5.74) is 7.54. The van der Waals surface area contributed by atoms with Crippen molar-refractivity contribution >= 4 is 23.9 Å². The van der Waals surface area contributed by atoms with E-state index in [0.717, 1.165) is 60.3 Å². The summed E-state index contributed by atoms with van der Waals surface area (Å²) in [7, 11) is 2.13. The molecule has 0 bridgehead atoms. The number of aromatic nitrogens is 4. The lowest BCUT2D eigenvalue weighted by Gasteiger charge is -2.31. The summed E-state index contributed by atoms with van der Waals surface area (Å²) in [6.07, 6.45) is 11.5. The summed E-state index contributed by atoms with van der Waals surface area (Å²) in [5, 5.41) is 17.1. The lowest BCUT2D eigenvalue weighted by atomic mass is 9.94. The Morgan fingerprint density at radius 1 is 1.13 bits per heavy atom. The Bertz CT molecular complexity index is 1580. The van der Waals surface area contributed by atoms with Crippen molar-refractivity contribution in [2.24, 2.45) is 0 Å². The van der Waals surface area contributed by atoms with Crippen LogP contribution in [0.2, 0.25) is 0 Å². The molecule has 0 saturated carbocycles. The van der Waals surface area contributed by atoms with Crippen molar-refractivity contribution in [2.45, 2.75) is 73.0 Å². The summed E-state index contributed by atoms with van der Waals surface area (Å²) in [6, 6.07) is 6.46. The largest absolute Gasteiger partial charge is 0.499 e. The van der Waals surface area contributed by atoms with Crippen LogP contribution >= 0.6 is 11.8 Å². The van der Waals surface area contributed by atoms with Gasteiger partial charge in [0.1, 0.15) is 24.8 Å². The van der Waals surface area contributed by atoms with Crippen molar-refractivity contribution in [1.82, 2.24) is 30.0 Å². The number of pyridine rings is 2. The molecule has 2 atom stereocenters. The van der Waals surface area contributed by atoms with E-state index in [1.165, 1.54) is 24.3 Å². The predicted molar refractivity (Wildman–Crippen MR) is 209 cm³/mol. The first-order valence-corrected chi connectivity index (χ1v) is 18.8. The van der Waals surface area contributed by atoms with Gasteiger partial charge in [-0.25, -0.2) is 22.5 Å². The third-order valence-electron chi connectivity index (χ3n) is 7.65. The Hall–Kier alpha value is -3.78. The molecule has 13 heteroatoms. The highest BCUT2D eigenvalue weighted by molar-refractivity contribution is 8.01. The number of hydrogen-bond acceptors (Lipinski definition) is 8. The first-order chi connectivity index (χ1) is 25.1. The molecule has 2 aliphatic heterocycles. The van der Waals surface area contributed by atoms with Crippen LogP contribution in [0.15, 0.2) is 60.9 Å². The normalized spacial score (nSPS) is 16.5. The van der Waals surface area contributed by atoms with Gasteiger partial charge >= 0.3 is 0 Å². The molecule has 1 unspecified atom stereocenters. The number of alkyl halides is 2. The fourth-order valence-electron chi connectivity index (χ4n) is 5.23. The predicted octanol–water partition coefficient (Wildman–Crippen LogP) is 9.81. The maximum atomic E-state index is 14.6. The topological polar surface area (TPSA) is 88.3 Å². The van der Waals surface area contributed by atoms with Gasteiger partial charge in [-0.05, 0) is 68.5 Å². The van der Waals surface area contributed by atoms with Crippen molar-refractivity contribution < 1.29 is 27.4 Å². The van der Waals surface area contributed by atoms with E-state index in [0.29, 0.717) is 17.0 Å². The fraction of sp³-hybridized carbons (Fsp3) is 0.462. The number of likely N-dealkylation sites (N-methyl/N-ethyl adjacent to an activating group) is 1. The minimum absolute atomic E-state index is 0.128. The standard InChI is InChI=1S/C29H32F2N6S.C4H7FO.C3H8.C2H6.CH3FO/c1-18-27-16-26(35-37(27)11-9-32-18)29-21(14-23(31)5-8-30)13-20(7-12-38-4)28(34-29)22-15-24-19(2)36(3)10-6-25(24)33-17-22;1-2-6-4-3-5;1-3-2;1-2;2-1-3/h5,7-8,12-19,32H,6,9-11H2,1-4H3;2H,1,3-4H2;3H2,1-2H3;1-2H3;3H,1H2/b8-5+,12-7-,23-14?;;;;/t18-,19?;;;;/m1..../s1. The van der Waals surface area contributed by atoms with Crippen molar-refractivity contribution in [2.75, 3.05) is 46.5 Å². The molecule has 3 aromatic heterocycles. The molecule has 3 aromatic rings. The van der Waals surface area contributed by atoms with Crippen LogP contribution in [0.25, 0.3) is 34.8 Å². The molecule has 8 nitrogen and oxygen atoms in total. The molecule has 5 heterocycles. The maximum Gasteiger partial charge on any atom is 0.185 e. The minimum atomic E-state index is -1.25. The van der Waals surface area contributed by atoms with E-state index in [-0.39, 0.29) is 25.0 Å². The summed E-state index contributed by atoms with van der Waals surface area (Å²) in [6.45, 7) is 16.7. The Labute approximate surface area is 311 Å². The summed E-state index contributed by atoms with van der Waals surface area (Å²) >= 11 is 1.57. The number of aliphatic hydroxyl groups is 1. The zero-order valence-electron chi connectivity index (χ0n) is 31.8. The molecule has 5 rings (SSSR count). The second-order valence-electron chi connectivity index (χ2n) is 11.3. The van der Waals surface area contributed by atoms with Crippen LogP contribution in [-0.2, 0) is 17.7 Å². The fourth-order valence-corrected chi connectivity index (χ4v) is 5.52. The molecule has 2 aliphatic rings. The number of ether oxygens (including phenoxy) is 1. The highest BCUT2D eigenvalue weighted by Crippen LogP contribution is 2.36. The van der Waals surface area contributed by atoms with Crippen LogP contribution in [-0.4, -0.2) is 76.3 Å². The van der Waals surface area contributed by atoms with Gasteiger partial charge in [0.05, 0.1) is 36.2 Å². The third kappa shape index (κ3) is 14.0. The SMILES string of the molecule is C=COCCF.CC.CCC.CS/C=C\c1cc(C=C(F)/C=C/F)c(-c2cc3n(n2)CCN[C@@H]3C)nc1-c1cnc2c(c1)C(C)N(C)CC2.OCF. The maximum absolute atomic E-state index is 14.6. The van der Waals surface area contributed by atoms with E-state index in [9.17, 15) is 17.6 Å². The lowest BCUT2D eigenvalue weighted by Crippen LogP contribution is -2.31. The van der Waals surface area contributed by atoms with Crippen molar-refractivity contribution in [3.05, 3.63) is 89.0 Å². The van der Waals surface area contributed by atoms with Gasteiger partial charge in [0, 0.05) is 66.3 Å². The molecule has 288 valence electrons. The molecule has 0 aliphatic carbocycles. The minimum Gasteiger partial charge on any atom is -0.499 e. The quantitative estimate of drug-likeness (QED) is 0.0969. The third-order valence-corrected chi connectivity index (χ3v) is 8.06. The Morgan fingerprint density at radius 2 is 1.83 bits per heavy atom. The van der Waals surface area contributed by atoms with E-state index >= 15 is 0 Å². The molecular formula is C39H56F4N6O2S. The van der Waals surface area contributed by atoms with Crippen molar-refractivity contribution in [3.8, 4) is 22.6 Å². The Morgan fingerprint density at radius 3 is 2.40 bits per heavy atom. The number of nitrogens with one attached hydrogen (secondary N) is 1. The number of halogens is 4. The van der Waals surface area contributed by atoms with Gasteiger partial charge in [-0.1, -0.05) is 40.7 Å². The van der Waals surface area contributed by atoms with Crippen LogP contribution in [0, 0.1) is 0 Å². The van der Waals surface area contributed by atoms with Gasteiger partial charge in [-0.2, -0.15) is 5.10 Å². The average Bonchev–Trinajstić information content (AvgIpc) is 3.59. The van der Waals surface area contributed by atoms with Crippen molar-refractivity contribution in [3.63, 3.8) is 0 Å². The molecule has 0 spiro atoms. The van der Waals surface area contributed by atoms with E-state index in [4.69, 9.17) is 20.2 Å². The molecule has 0 aromatic carbocycles. The lowest BCUT2D eigenvalue weighted by molar-refractivity contribution is 0.168. The number of rotatable bonds is 9. The monoisotopic (exact) mass is 748 g/mol. The van der Waals surface area contributed by atoms with Crippen LogP contribution < -0.4 is 5.32 Å². The number of allylic oxidation sites excluding steroid dienone is 2. The Balaban J connectivity index is 0.000000835. The van der Waals surface area contributed by atoms with Crippen LogP contribution in [0.1, 0.15) is 88.1 Å². The molecular weight excluding hydrogens is 693 g/mol. The van der Waals surface area contributed by atoms with Gasteiger partial charge in [0.25, 0.3) is 0 Å². The van der Waals surface area contributed by atoms with E-state index in [1.807, 2.05) is 54.6 Å². The highest BCUT2D eigenvalue weighted by atomic mass is 32.2. The van der Waals surface area contributed by atoms with E-state index in [2.05, 4.69) is 62.3 Å². The van der Waals surface area contributed by atoms with Gasteiger partial charge in [0.15, 0.2) is 6.86 Å². The van der Waals surface area contributed by atoms with Gasteiger partial charge in [-0.15, -0.1) is 11.8 Å². The van der Waals surface area contributed by atoms with Gasteiger partial charge in [-0.3, -0.25) is 14.6 Å². The van der Waals surface area contributed by atoms with Gasteiger partial charge in [0.2, 0.25) is 0 Å². The molecule has 2 N–H and O–H groups in total. The highest BCUT2D eigenvalue weighted by Gasteiger charge is 2.25. The zero-order valence-corrected chi connectivity index (χ0v) is 32.6. The van der Waals surface area contributed by atoms with E-state index < -0.39 is 19.4 Å². The molecule has 0 amide bonds. The number of nitrogens with zero attached hydrogens (tertiary/aromatic N) is 5. The smallest absolute Gasteiger partial charge is 0.185 e.